The van der Waals surface area contributed by atoms with E-state index in [-0.39, 0.29) is 5.41 Å². The highest BCUT2D eigenvalue weighted by atomic mass is 16.3. The average Bonchev–Trinajstić information content (AvgIpc) is 2.80. The normalized spacial score (nSPS) is 18.8. The molecule has 1 aromatic rings. The SMILES string of the molecule is OCC1(CNCc2ccncn2)CCCC1. The average molecular weight is 221 g/mol. The minimum atomic E-state index is 0.118. The maximum atomic E-state index is 9.45. The fourth-order valence-corrected chi connectivity index (χ4v) is 2.39. The fraction of sp³-hybridized carbons (Fsp3) is 0.667. The Hall–Kier alpha value is -1.00. The number of rotatable bonds is 5. The lowest BCUT2D eigenvalue weighted by Crippen LogP contribution is -2.34. The van der Waals surface area contributed by atoms with E-state index in [9.17, 15) is 5.11 Å². The van der Waals surface area contributed by atoms with Crippen molar-refractivity contribution >= 4 is 0 Å². The molecule has 1 heterocycles. The third kappa shape index (κ3) is 2.77. The Morgan fingerprint density at radius 2 is 2.19 bits per heavy atom. The standard InChI is InChI=1S/C12H19N3O/c16-9-12(4-1-2-5-12)8-14-7-11-3-6-13-10-15-11/h3,6,10,14,16H,1-2,4-5,7-9H2. The summed E-state index contributed by atoms with van der Waals surface area (Å²) in [6.07, 6.45) is 8.09. The lowest BCUT2D eigenvalue weighted by Gasteiger charge is -2.26. The summed E-state index contributed by atoms with van der Waals surface area (Å²) >= 11 is 0. The first-order valence-electron chi connectivity index (χ1n) is 5.91. The highest BCUT2D eigenvalue weighted by Gasteiger charge is 2.32. The van der Waals surface area contributed by atoms with Crippen molar-refractivity contribution in [2.45, 2.75) is 32.2 Å². The van der Waals surface area contributed by atoms with E-state index in [0.717, 1.165) is 31.6 Å². The second-order valence-electron chi connectivity index (χ2n) is 4.67. The van der Waals surface area contributed by atoms with Gasteiger partial charge in [0.2, 0.25) is 0 Å². The van der Waals surface area contributed by atoms with Crippen LogP contribution in [0.2, 0.25) is 0 Å². The Balaban J connectivity index is 1.79. The van der Waals surface area contributed by atoms with E-state index in [1.165, 1.54) is 12.8 Å². The molecule has 0 aromatic carbocycles. The number of nitrogens with zero attached hydrogens (tertiary/aromatic N) is 2. The van der Waals surface area contributed by atoms with Gasteiger partial charge in [-0.2, -0.15) is 0 Å². The predicted octanol–water partition coefficient (Wildman–Crippen LogP) is 1.12. The molecule has 88 valence electrons. The van der Waals surface area contributed by atoms with Gasteiger partial charge in [-0.25, -0.2) is 9.97 Å². The molecule has 4 heteroatoms. The largest absolute Gasteiger partial charge is 0.396 e. The molecule has 0 bridgehead atoms. The number of aliphatic hydroxyl groups excluding tert-OH is 1. The number of hydrogen-bond donors (Lipinski definition) is 2. The molecule has 1 saturated carbocycles. The zero-order chi connectivity index (χ0) is 11.3. The number of aromatic nitrogens is 2. The van der Waals surface area contributed by atoms with Gasteiger partial charge in [-0.3, -0.25) is 0 Å². The van der Waals surface area contributed by atoms with Gasteiger partial charge in [-0.05, 0) is 18.9 Å². The number of aliphatic hydroxyl groups is 1. The molecule has 0 spiro atoms. The second kappa shape index (κ2) is 5.37. The first-order chi connectivity index (χ1) is 7.85. The van der Waals surface area contributed by atoms with E-state index < -0.39 is 0 Å². The van der Waals surface area contributed by atoms with Crippen LogP contribution in [-0.4, -0.2) is 28.2 Å². The van der Waals surface area contributed by atoms with Crippen molar-refractivity contribution in [2.75, 3.05) is 13.2 Å². The van der Waals surface area contributed by atoms with Crippen LogP contribution in [0.5, 0.6) is 0 Å². The summed E-state index contributed by atoms with van der Waals surface area (Å²) in [6, 6.07) is 1.91. The van der Waals surface area contributed by atoms with E-state index in [4.69, 9.17) is 0 Å². The molecule has 0 radical (unpaired) electrons. The van der Waals surface area contributed by atoms with Crippen LogP contribution in [0.1, 0.15) is 31.4 Å². The van der Waals surface area contributed by atoms with Gasteiger partial charge in [0, 0.05) is 31.3 Å². The van der Waals surface area contributed by atoms with Crippen molar-refractivity contribution in [2.24, 2.45) is 5.41 Å². The smallest absolute Gasteiger partial charge is 0.115 e. The predicted molar refractivity (Wildman–Crippen MR) is 61.7 cm³/mol. The molecule has 1 aliphatic rings. The molecule has 1 fully saturated rings. The second-order valence-corrected chi connectivity index (χ2v) is 4.67. The van der Waals surface area contributed by atoms with Gasteiger partial charge in [0.05, 0.1) is 5.69 Å². The van der Waals surface area contributed by atoms with Crippen LogP contribution in [0.3, 0.4) is 0 Å². The molecule has 1 aliphatic carbocycles. The minimum absolute atomic E-state index is 0.118. The molecule has 1 aromatic heterocycles. The summed E-state index contributed by atoms with van der Waals surface area (Å²) in [5, 5.41) is 12.8. The minimum Gasteiger partial charge on any atom is -0.396 e. The lowest BCUT2D eigenvalue weighted by atomic mass is 9.87. The van der Waals surface area contributed by atoms with E-state index in [2.05, 4.69) is 15.3 Å². The van der Waals surface area contributed by atoms with Crippen LogP contribution in [0.15, 0.2) is 18.6 Å². The van der Waals surface area contributed by atoms with Gasteiger partial charge in [0.15, 0.2) is 0 Å². The Morgan fingerprint density at radius 1 is 1.38 bits per heavy atom. The Morgan fingerprint density at radius 3 is 2.81 bits per heavy atom. The van der Waals surface area contributed by atoms with Gasteiger partial charge in [-0.15, -0.1) is 0 Å². The maximum absolute atomic E-state index is 9.45. The fourth-order valence-electron chi connectivity index (χ4n) is 2.39. The topological polar surface area (TPSA) is 58.0 Å². The molecular weight excluding hydrogens is 202 g/mol. The van der Waals surface area contributed by atoms with Gasteiger partial charge >= 0.3 is 0 Å². The maximum Gasteiger partial charge on any atom is 0.115 e. The highest BCUT2D eigenvalue weighted by Crippen LogP contribution is 2.36. The van der Waals surface area contributed by atoms with Crippen molar-refractivity contribution < 1.29 is 5.11 Å². The summed E-state index contributed by atoms with van der Waals surface area (Å²) in [4.78, 5) is 8.04. The van der Waals surface area contributed by atoms with E-state index in [1.807, 2.05) is 6.07 Å². The quantitative estimate of drug-likeness (QED) is 0.782. The summed E-state index contributed by atoms with van der Waals surface area (Å²) in [5.74, 6) is 0. The van der Waals surface area contributed by atoms with Crippen molar-refractivity contribution in [3.05, 3.63) is 24.3 Å². The molecule has 16 heavy (non-hydrogen) atoms. The Kier molecular flexibility index (Phi) is 3.85. The molecule has 0 aliphatic heterocycles. The third-order valence-corrected chi connectivity index (χ3v) is 3.45. The van der Waals surface area contributed by atoms with Crippen LogP contribution in [0.4, 0.5) is 0 Å². The van der Waals surface area contributed by atoms with Crippen LogP contribution in [0, 0.1) is 5.41 Å². The molecule has 0 saturated heterocycles. The van der Waals surface area contributed by atoms with Crippen LogP contribution < -0.4 is 5.32 Å². The third-order valence-electron chi connectivity index (χ3n) is 3.45. The van der Waals surface area contributed by atoms with Crippen LogP contribution >= 0.6 is 0 Å². The van der Waals surface area contributed by atoms with E-state index in [1.54, 1.807) is 12.5 Å². The molecule has 2 rings (SSSR count). The zero-order valence-electron chi connectivity index (χ0n) is 9.52. The van der Waals surface area contributed by atoms with E-state index >= 15 is 0 Å². The molecule has 2 N–H and O–H groups in total. The lowest BCUT2D eigenvalue weighted by molar-refractivity contribution is 0.128. The Labute approximate surface area is 96.1 Å². The summed E-state index contributed by atoms with van der Waals surface area (Å²) in [7, 11) is 0. The summed E-state index contributed by atoms with van der Waals surface area (Å²) < 4.78 is 0. The first kappa shape index (κ1) is 11.5. The Bertz CT molecular complexity index is 309. The van der Waals surface area contributed by atoms with Crippen molar-refractivity contribution in [3.8, 4) is 0 Å². The number of hydrogen-bond acceptors (Lipinski definition) is 4. The summed E-state index contributed by atoms with van der Waals surface area (Å²) in [6.45, 7) is 1.93. The van der Waals surface area contributed by atoms with Crippen LogP contribution in [-0.2, 0) is 6.54 Å². The van der Waals surface area contributed by atoms with Crippen LogP contribution in [0.25, 0.3) is 0 Å². The van der Waals surface area contributed by atoms with Gasteiger partial charge in [0.1, 0.15) is 6.33 Å². The van der Waals surface area contributed by atoms with Gasteiger partial charge in [0.25, 0.3) is 0 Å². The monoisotopic (exact) mass is 221 g/mol. The first-order valence-corrected chi connectivity index (χ1v) is 5.91. The summed E-state index contributed by atoms with van der Waals surface area (Å²) in [5.41, 5.74) is 1.12. The molecular formula is C12H19N3O. The van der Waals surface area contributed by atoms with Crippen molar-refractivity contribution in [3.63, 3.8) is 0 Å². The van der Waals surface area contributed by atoms with Gasteiger partial charge in [-0.1, -0.05) is 12.8 Å². The van der Waals surface area contributed by atoms with Crippen molar-refractivity contribution in [1.82, 2.24) is 15.3 Å². The molecule has 0 unspecified atom stereocenters. The zero-order valence-corrected chi connectivity index (χ0v) is 9.52. The van der Waals surface area contributed by atoms with Gasteiger partial charge < -0.3 is 10.4 Å². The van der Waals surface area contributed by atoms with Crippen molar-refractivity contribution in [1.29, 1.82) is 0 Å². The molecule has 0 amide bonds. The van der Waals surface area contributed by atoms with E-state index in [0.29, 0.717) is 6.61 Å². The molecule has 0 atom stereocenters. The molecule has 4 nitrogen and oxygen atoms in total. The highest BCUT2D eigenvalue weighted by molar-refractivity contribution is 4.97. The number of nitrogens with one attached hydrogen (secondary N) is 1.